The van der Waals surface area contributed by atoms with E-state index in [9.17, 15) is 4.79 Å². The van der Waals surface area contributed by atoms with Crippen LogP contribution in [0.3, 0.4) is 0 Å². The van der Waals surface area contributed by atoms with E-state index in [-0.39, 0.29) is 5.91 Å². The Bertz CT molecular complexity index is 790. The fourth-order valence-corrected chi connectivity index (χ4v) is 3.67. The third kappa shape index (κ3) is 5.48. The zero-order chi connectivity index (χ0) is 20.8. The first-order valence-corrected chi connectivity index (χ1v) is 10.4. The fourth-order valence-electron chi connectivity index (χ4n) is 3.67. The first-order chi connectivity index (χ1) is 14.0. The first-order valence-electron chi connectivity index (χ1n) is 10.4. The highest BCUT2D eigenvalue weighted by Gasteiger charge is 2.25. The zero-order valence-electron chi connectivity index (χ0n) is 18.1. The minimum atomic E-state index is 0.0942. The quantitative estimate of drug-likeness (QED) is 0.779. The maximum absolute atomic E-state index is 12.8. The van der Waals surface area contributed by atoms with Crippen LogP contribution in [0.1, 0.15) is 35.7 Å². The monoisotopic (exact) mass is 395 g/mol. The summed E-state index contributed by atoms with van der Waals surface area (Å²) in [5.41, 5.74) is 2.86. The highest BCUT2D eigenvalue weighted by atomic mass is 16.2. The van der Waals surface area contributed by atoms with E-state index in [1.54, 1.807) is 0 Å². The molecule has 6 nitrogen and oxygen atoms in total. The molecule has 0 saturated carbocycles. The second kappa shape index (κ2) is 9.74. The number of pyridine rings is 1. The molecule has 1 aliphatic heterocycles. The Labute approximate surface area is 174 Å². The average Bonchev–Trinajstić information content (AvgIpc) is 2.77. The van der Waals surface area contributed by atoms with E-state index in [0.29, 0.717) is 12.6 Å². The Balaban J connectivity index is 1.55. The molecule has 0 radical (unpaired) electrons. The number of hydrogen-bond donors (Lipinski definition) is 1. The van der Waals surface area contributed by atoms with E-state index in [1.165, 1.54) is 0 Å². The van der Waals surface area contributed by atoms with Crippen molar-refractivity contribution in [3.05, 3.63) is 53.7 Å². The Morgan fingerprint density at radius 1 is 1.21 bits per heavy atom. The number of rotatable bonds is 7. The molecule has 1 saturated heterocycles. The molecule has 2 aromatic rings. The molecule has 1 amide bonds. The molecule has 1 aromatic carbocycles. The predicted octanol–water partition coefficient (Wildman–Crippen LogP) is 3.32. The van der Waals surface area contributed by atoms with Gasteiger partial charge in [-0.1, -0.05) is 6.07 Å². The summed E-state index contributed by atoms with van der Waals surface area (Å²) in [5.74, 6) is 1.07. The van der Waals surface area contributed by atoms with Crippen molar-refractivity contribution in [2.45, 2.75) is 32.4 Å². The lowest BCUT2D eigenvalue weighted by Crippen LogP contribution is -2.47. The third-order valence-corrected chi connectivity index (χ3v) is 5.77. The number of nitrogens with zero attached hydrogens (tertiary/aromatic N) is 4. The Kier molecular flexibility index (Phi) is 7.09. The van der Waals surface area contributed by atoms with Gasteiger partial charge in [-0.25, -0.2) is 4.98 Å². The van der Waals surface area contributed by atoms with Gasteiger partial charge in [-0.15, -0.1) is 0 Å². The van der Waals surface area contributed by atoms with Gasteiger partial charge in [0.25, 0.3) is 5.91 Å². The summed E-state index contributed by atoms with van der Waals surface area (Å²) >= 11 is 0. The summed E-state index contributed by atoms with van der Waals surface area (Å²) in [6.45, 7) is 5.80. The van der Waals surface area contributed by atoms with Crippen molar-refractivity contribution in [2.75, 3.05) is 51.0 Å². The van der Waals surface area contributed by atoms with E-state index in [4.69, 9.17) is 0 Å². The van der Waals surface area contributed by atoms with Crippen LogP contribution in [0.5, 0.6) is 0 Å². The van der Waals surface area contributed by atoms with Crippen molar-refractivity contribution < 1.29 is 4.79 Å². The van der Waals surface area contributed by atoms with Gasteiger partial charge in [0.2, 0.25) is 0 Å². The highest BCUT2D eigenvalue weighted by molar-refractivity contribution is 5.94. The Morgan fingerprint density at radius 2 is 1.97 bits per heavy atom. The van der Waals surface area contributed by atoms with E-state index >= 15 is 0 Å². The number of carbonyl (C=O) groups excluding carboxylic acids is 1. The normalized spacial score (nSPS) is 17.0. The molecule has 1 aromatic heterocycles. The predicted molar refractivity (Wildman–Crippen MR) is 120 cm³/mol. The summed E-state index contributed by atoms with van der Waals surface area (Å²) in [6.07, 6.45) is 4.13. The lowest BCUT2D eigenvalue weighted by atomic mass is 10.0. The fraction of sp³-hybridized carbons (Fsp3) is 0.478. The van der Waals surface area contributed by atoms with E-state index in [2.05, 4.69) is 40.1 Å². The van der Waals surface area contributed by atoms with Crippen molar-refractivity contribution in [3.63, 3.8) is 0 Å². The number of carbonyl (C=O) groups is 1. The van der Waals surface area contributed by atoms with Gasteiger partial charge < -0.3 is 20.0 Å². The van der Waals surface area contributed by atoms with Crippen molar-refractivity contribution >= 4 is 17.4 Å². The molecule has 1 N–H and O–H groups in total. The summed E-state index contributed by atoms with van der Waals surface area (Å²) < 4.78 is 0. The molecule has 1 aliphatic rings. The lowest BCUT2D eigenvalue weighted by molar-refractivity contribution is 0.0644. The number of amides is 1. The highest BCUT2D eigenvalue weighted by Crippen LogP contribution is 2.18. The Morgan fingerprint density at radius 3 is 2.59 bits per heavy atom. The number of piperidine rings is 1. The second-order valence-corrected chi connectivity index (χ2v) is 7.94. The van der Waals surface area contributed by atoms with E-state index in [1.807, 2.05) is 55.5 Å². The zero-order valence-corrected chi connectivity index (χ0v) is 18.1. The van der Waals surface area contributed by atoms with Crippen molar-refractivity contribution in [3.8, 4) is 0 Å². The van der Waals surface area contributed by atoms with Gasteiger partial charge in [-0.3, -0.25) is 4.79 Å². The molecule has 6 heteroatoms. The van der Waals surface area contributed by atoms with Crippen molar-refractivity contribution in [1.29, 1.82) is 0 Å². The van der Waals surface area contributed by atoms with Crippen LogP contribution >= 0.6 is 0 Å². The SMILES string of the molecule is CCN(C)c1ccc(CNc2ccc(C(=O)N(C)C3CCCN(C)C3)cc2)cn1. The molecule has 0 spiro atoms. The standard InChI is InChI=1S/C23H33N5O/c1-5-27(3)22-13-8-18(16-25-22)15-24-20-11-9-19(10-12-20)23(29)28(4)21-7-6-14-26(2)17-21/h8-13,16,21,24H,5-7,14-15,17H2,1-4H3. The molecular weight excluding hydrogens is 362 g/mol. The lowest BCUT2D eigenvalue weighted by Gasteiger charge is -2.35. The largest absolute Gasteiger partial charge is 0.381 e. The molecular formula is C23H33N5O. The third-order valence-electron chi connectivity index (χ3n) is 5.77. The number of nitrogens with one attached hydrogen (secondary N) is 1. The minimum absolute atomic E-state index is 0.0942. The maximum atomic E-state index is 12.8. The summed E-state index contributed by atoms with van der Waals surface area (Å²) in [5, 5.41) is 3.40. The van der Waals surface area contributed by atoms with Gasteiger partial charge in [0.15, 0.2) is 0 Å². The number of aromatic nitrogens is 1. The van der Waals surface area contributed by atoms with Gasteiger partial charge >= 0.3 is 0 Å². The van der Waals surface area contributed by atoms with Crippen molar-refractivity contribution in [2.24, 2.45) is 0 Å². The molecule has 3 rings (SSSR count). The van der Waals surface area contributed by atoms with Gasteiger partial charge in [-0.2, -0.15) is 0 Å². The number of anilines is 2. The molecule has 29 heavy (non-hydrogen) atoms. The van der Waals surface area contributed by atoms with Crippen molar-refractivity contribution in [1.82, 2.24) is 14.8 Å². The van der Waals surface area contributed by atoms with E-state index in [0.717, 1.165) is 55.1 Å². The molecule has 0 aliphatic carbocycles. The van der Waals surface area contributed by atoms with Gasteiger partial charge in [0, 0.05) is 57.2 Å². The molecule has 0 bridgehead atoms. The van der Waals surface area contributed by atoms with Crippen LogP contribution in [0.25, 0.3) is 0 Å². The maximum Gasteiger partial charge on any atom is 0.253 e. The summed E-state index contributed by atoms with van der Waals surface area (Å²) in [6, 6.07) is 12.2. The number of benzene rings is 1. The Hall–Kier alpha value is -2.60. The van der Waals surface area contributed by atoms with Crippen LogP contribution in [-0.4, -0.2) is 67.5 Å². The number of likely N-dealkylation sites (tertiary alicyclic amines) is 1. The molecule has 1 unspecified atom stereocenters. The van der Waals surface area contributed by atoms with E-state index < -0.39 is 0 Å². The minimum Gasteiger partial charge on any atom is -0.381 e. The first kappa shape index (κ1) is 21.1. The van der Waals surface area contributed by atoms with Gasteiger partial charge in [0.1, 0.15) is 5.82 Å². The van der Waals surface area contributed by atoms with Crippen LogP contribution < -0.4 is 10.2 Å². The molecule has 1 atom stereocenters. The molecule has 2 heterocycles. The topological polar surface area (TPSA) is 51.7 Å². The average molecular weight is 396 g/mol. The number of likely N-dealkylation sites (N-methyl/N-ethyl adjacent to an activating group) is 2. The molecule has 156 valence electrons. The van der Waals surface area contributed by atoms with Crippen LogP contribution in [0.15, 0.2) is 42.6 Å². The van der Waals surface area contributed by atoms with Crippen LogP contribution in [-0.2, 0) is 6.54 Å². The van der Waals surface area contributed by atoms with Gasteiger partial charge in [-0.05, 0) is 69.3 Å². The van der Waals surface area contributed by atoms with Crippen LogP contribution in [0, 0.1) is 0 Å². The smallest absolute Gasteiger partial charge is 0.253 e. The van der Waals surface area contributed by atoms with Gasteiger partial charge in [0.05, 0.1) is 0 Å². The van der Waals surface area contributed by atoms with Crippen LogP contribution in [0.4, 0.5) is 11.5 Å². The second-order valence-electron chi connectivity index (χ2n) is 7.94. The summed E-state index contributed by atoms with van der Waals surface area (Å²) in [4.78, 5) is 23.6. The summed E-state index contributed by atoms with van der Waals surface area (Å²) in [7, 11) is 6.08. The van der Waals surface area contributed by atoms with Crippen LogP contribution in [0.2, 0.25) is 0 Å². The molecule has 1 fully saturated rings. The number of hydrogen-bond acceptors (Lipinski definition) is 5.